The normalized spacial score (nSPS) is 9.62. The standard InChI is InChI=1S/C12H14N/c1-3-6-10-7-5-8-11(9-13)12(10)4-2/h5,7-8H,1,3-4,6H2,2H3. The topological polar surface area (TPSA) is 23.8 Å². The average Bonchev–Trinajstić information content (AvgIpc) is 2.18. The van der Waals surface area contributed by atoms with E-state index in [2.05, 4.69) is 26.0 Å². The van der Waals surface area contributed by atoms with Crippen molar-refractivity contribution < 1.29 is 0 Å². The number of nitrogens with zero attached hydrogens (tertiary/aromatic N) is 1. The van der Waals surface area contributed by atoms with Crippen LogP contribution < -0.4 is 0 Å². The van der Waals surface area contributed by atoms with Gasteiger partial charge in [0.05, 0.1) is 11.6 Å². The molecule has 0 aliphatic rings. The van der Waals surface area contributed by atoms with E-state index in [1.54, 1.807) is 0 Å². The third kappa shape index (κ3) is 2.09. The van der Waals surface area contributed by atoms with Crippen molar-refractivity contribution in [3.8, 4) is 6.07 Å². The average molecular weight is 172 g/mol. The van der Waals surface area contributed by atoms with Gasteiger partial charge in [-0.15, -0.1) is 0 Å². The summed E-state index contributed by atoms with van der Waals surface area (Å²) in [5.74, 6) is 0. The minimum atomic E-state index is 0.813. The lowest BCUT2D eigenvalue weighted by molar-refractivity contribution is 0.955. The summed E-state index contributed by atoms with van der Waals surface area (Å²) in [5.41, 5.74) is 3.28. The molecule has 0 unspecified atom stereocenters. The van der Waals surface area contributed by atoms with Crippen molar-refractivity contribution in [3.63, 3.8) is 0 Å². The largest absolute Gasteiger partial charge is 0.192 e. The summed E-state index contributed by atoms with van der Waals surface area (Å²) >= 11 is 0. The molecule has 1 aromatic carbocycles. The van der Waals surface area contributed by atoms with Gasteiger partial charge < -0.3 is 0 Å². The van der Waals surface area contributed by atoms with Gasteiger partial charge in [0, 0.05) is 0 Å². The van der Waals surface area contributed by atoms with Crippen molar-refractivity contribution in [3.05, 3.63) is 41.8 Å². The monoisotopic (exact) mass is 172 g/mol. The number of aryl methyl sites for hydroxylation is 1. The molecule has 0 saturated carbocycles. The highest BCUT2D eigenvalue weighted by atomic mass is 14.2. The maximum Gasteiger partial charge on any atom is 0.0994 e. The Balaban J connectivity index is 3.13. The molecule has 0 N–H and O–H groups in total. The van der Waals surface area contributed by atoms with Crippen LogP contribution in [0.4, 0.5) is 0 Å². The van der Waals surface area contributed by atoms with Gasteiger partial charge in [0.1, 0.15) is 0 Å². The lowest BCUT2D eigenvalue weighted by Gasteiger charge is -2.07. The summed E-state index contributed by atoms with van der Waals surface area (Å²) in [4.78, 5) is 0. The lowest BCUT2D eigenvalue weighted by Crippen LogP contribution is -1.95. The van der Waals surface area contributed by atoms with Crippen molar-refractivity contribution >= 4 is 0 Å². The molecule has 0 bridgehead atoms. The molecule has 1 radical (unpaired) electrons. The Kier molecular flexibility index (Phi) is 3.52. The van der Waals surface area contributed by atoms with Crippen LogP contribution >= 0.6 is 0 Å². The van der Waals surface area contributed by atoms with Gasteiger partial charge in [0.25, 0.3) is 0 Å². The van der Waals surface area contributed by atoms with Gasteiger partial charge >= 0.3 is 0 Å². The first-order valence-corrected chi connectivity index (χ1v) is 4.63. The molecule has 67 valence electrons. The molecule has 1 heteroatoms. The Hall–Kier alpha value is -1.29. The van der Waals surface area contributed by atoms with Crippen LogP contribution in [0.25, 0.3) is 0 Å². The number of benzene rings is 1. The Morgan fingerprint density at radius 2 is 2.23 bits per heavy atom. The fraction of sp³-hybridized carbons (Fsp3) is 0.333. The van der Waals surface area contributed by atoms with E-state index in [1.165, 1.54) is 11.1 Å². The maximum absolute atomic E-state index is 8.88. The first-order chi connectivity index (χ1) is 6.33. The van der Waals surface area contributed by atoms with Crippen LogP contribution in [0.3, 0.4) is 0 Å². The third-order valence-electron chi connectivity index (χ3n) is 2.19. The van der Waals surface area contributed by atoms with Gasteiger partial charge in [-0.05, 0) is 36.5 Å². The fourth-order valence-electron chi connectivity index (χ4n) is 1.58. The molecular formula is C12H14N. The van der Waals surface area contributed by atoms with Crippen LogP contribution in [-0.4, -0.2) is 0 Å². The van der Waals surface area contributed by atoms with E-state index in [1.807, 2.05) is 12.1 Å². The van der Waals surface area contributed by atoms with Gasteiger partial charge in [-0.25, -0.2) is 0 Å². The van der Waals surface area contributed by atoms with E-state index in [0.29, 0.717) is 0 Å². The molecule has 13 heavy (non-hydrogen) atoms. The van der Waals surface area contributed by atoms with E-state index >= 15 is 0 Å². The summed E-state index contributed by atoms with van der Waals surface area (Å²) in [6.07, 6.45) is 2.79. The van der Waals surface area contributed by atoms with Crippen LogP contribution in [0.15, 0.2) is 18.2 Å². The highest BCUT2D eigenvalue weighted by Gasteiger charge is 2.04. The zero-order valence-corrected chi connectivity index (χ0v) is 8.01. The molecule has 0 aromatic heterocycles. The predicted octanol–water partition coefficient (Wildman–Crippen LogP) is 2.89. The first kappa shape index (κ1) is 9.80. The number of rotatable bonds is 3. The van der Waals surface area contributed by atoms with Gasteiger partial charge in [-0.3, -0.25) is 0 Å². The van der Waals surface area contributed by atoms with E-state index < -0.39 is 0 Å². The zero-order chi connectivity index (χ0) is 9.68. The molecule has 0 saturated heterocycles. The Bertz CT molecular complexity index is 320. The van der Waals surface area contributed by atoms with Crippen molar-refractivity contribution in [2.24, 2.45) is 0 Å². The van der Waals surface area contributed by atoms with Gasteiger partial charge in [-0.1, -0.05) is 26.0 Å². The van der Waals surface area contributed by atoms with Crippen molar-refractivity contribution in [1.29, 1.82) is 5.26 Å². The minimum Gasteiger partial charge on any atom is -0.192 e. The minimum absolute atomic E-state index is 0.813. The zero-order valence-electron chi connectivity index (χ0n) is 8.01. The van der Waals surface area contributed by atoms with Crippen molar-refractivity contribution in [2.45, 2.75) is 26.2 Å². The van der Waals surface area contributed by atoms with Gasteiger partial charge in [-0.2, -0.15) is 5.26 Å². The van der Waals surface area contributed by atoms with Crippen LogP contribution in [-0.2, 0) is 12.8 Å². The molecule has 0 spiro atoms. The molecule has 0 atom stereocenters. The first-order valence-electron chi connectivity index (χ1n) is 4.63. The van der Waals surface area contributed by atoms with E-state index in [0.717, 1.165) is 24.8 Å². The number of hydrogen-bond acceptors (Lipinski definition) is 1. The highest BCUT2D eigenvalue weighted by Crippen LogP contribution is 2.16. The Labute approximate surface area is 80.0 Å². The molecule has 0 aliphatic heterocycles. The molecule has 0 aliphatic carbocycles. The second-order valence-corrected chi connectivity index (χ2v) is 3.01. The Morgan fingerprint density at radius 1 is 1.46 bits per heavy atom. The molecule has 0 fully saturated rings. The van der Waals surface area contributed by atoms with Crippen LogP contribution in [0.5, 0.6) is 0 Å². The number of hydrogen-bond donors (Lipinski definition) is 0. The summed E-state index contributed by atoms with van der Waals surface area (Å²) in [7, 11) is 0. The SMILES string of the molecule is [CH2]CCc1cccc(C#N)c1CC. The summed E-state index contributed by atoms with van der Waals surface area (Å²) in [6.45, 7) is 5.92. The predicted molar refractivity (Wildman–Crippen MR) is 54.2 cm³/mol. The summed E-state index contributed by atoms with van der Waals surface area (Å²) < 4.78 is 0. The smallest absolute Gasteiger partial charge is 0.0994 e. The lowest BCUT2D eigenvalue weighted by atomic mass is 9.97. The molecule has 1 nitrogen and oxygen atoms in total. The quantitative estimate of drug-likeness (QED) is 0.687. The molecule has 0 amide bonds. The van der Waals surface area contributed by atoms with Crippen LogP contribution in [0.2, 0.25) is 0 Å². The van der Waals surface area contributed by atoms with Crippen LogP contribution in [0, 0.1) is 18.3 Å². The summed E-state index contributed by atoms with van der Waals surface area (Å²) in [6, 6.07) is 8.14. The molecule has 1 rings (SSSR count). The highest BCUT2D eigenvalue weighted by molar-refractivity contribution is 5.42. The third-order valence-corrected chi connectivity index (χ3v) is 2.19. The molecule has 0 heterocycles. The van der Waals surface area contributed by atoms with Crippen molar-refractivity contribution in [1.82, 2.24) is 0 Å². The molecule has 1 aromatic rings. The van der Waals surface area contributed by atoms with Gasteiger partial charge in [0.2, 0.25) is 0 Å². The van der Waals surface area contributed by atoms with Crippen LogP contribution in [0.1, 0.15) is 30.0 Å². The van der Waals surface area contributed by atoms with Gasteiger partial charge in [0.15, 0.2) is 0 Å². The summed E-state index contributed by atoms with van der Waals surface area (Å²) in [5, 5.41) is 8.88. The van der Waals surface area contributed by atoms with E-state index in [4.69, 9.17) is 5.26 Å². The van der Waals surface area contributed by atoms with E-state index in [-0.39, 0.29) is 0 Å². The second-order valence-electron chi connectivity index (χ2n) is 3.01. The fourth-order valence-corrected chi connectivity index (χ4v) is 1.58. The Morgan fingerprint density at radius 3 is 2.77 bits per heavy atom. The van der Waals surface area contributed by atoms with E-state index in [9.17, 15) is 0 Å². The number of nitriles is 1. The maximum atomic E-state index is 8.88. The molecular weight excluding hydrogens is 158 g/mol. The second kappa shape index (κ2) is 4.67. The van der Waals surface area contributed by atoms with Crippen molar-refractivity contribution in [2.75, 3.05) is 0 Å².